The minimum atomic E-state index is -0.299. The lowest BCUT2D eigenvalue weighted by atomic mass is 10.1. The first-order valence-corrected chi connectivity index (χ1v) is 10.0. The topological polar surface area (TPSA) is 75.7 Å². The van der Waals surface area contributed by atoms with E-state index in [9.17, 15) is 14.4 Å². The normalized spacial score (nSPS) is 12.8. The molecule has 6 nitrogen and oxygen atoms in total. The maximum atomic E-state index is 12.5. The van der Waals surface area contributed by atoms with Crippen molar-refractivity contribution < 1.29 is 19.1 Å². The number of anilines is 1. The van der Waals surface area contributed by atoms with E-state index in [1.165, 1.54) is 4.90 Å². The van der Waals surface area contributed by atoms with Crippen molar-refractivity contribution in [1.29, 1.82) is 0 Å². The number of nitrogens with one attached hydrogen (secondary N) is 1. The number of fused-ring (bicyclic) bond motifs is 1. The average Bonchev–Trinajstić information content (AvgIpc) is 3.00. The highest BCUT2D eigenvalue weighted by Gasteiger charge is 2.34. The van der Waals surface area contributed by atoms with Crippen LogP contribution in [-0.2, 0) is 6.54 Å². The first-order chi connectivity index (χ1) is 14.9. The van der Waals surface area contributed by atoms with E-state index >= 15 is 0 Å². The summed E-state index contributed by atoms with van der Waals surface area (Å²) in [4.78, 5) is 38.8. The molecule has 0 spiro atoms. The lowest BCUT2D eigenvalue weighted by Crippen LogP contribution is -2.29. The van der Waals surface area contributed by atoms with Gasteiger partial charge in [0.05, 0.1) is 23.8 Å². The molecule has 156 valence electrons. The quantitative estimate of drug-likeness (QED) is 0.602. The van der Waals surface area contributed by atoms with Gasteiger partial charge in [-0.25, -0.2) is 0 Å². The van der Waals surface area contributed by atoms with Crippen LogP contribution in [0.5, 0.6) is 5.75 Å². The summed E-state index contributed by atoms with van der Waals surface area (Å²) in [6.07, 6.45) is 0.0827. The van der Waals surface area contributed by atoms with E-state index in [4.69, 9.17) is 4.74 Å². The number of rotatable bonds is 6. The van der Waals surface area contributed by atoms with Crippen LogP contribution in [0.1, 0.15) is 50.5 Å². The molecule has 0 bridgehead atoms. The molecule has 3 aromatic carbocycles. The Morgan fingerprint density at radius 3 is 2.00 bits per heavy atom. The average molecular weight is 414 g/mol. The monoisotopic (exact) mass is 414 g/mol. The van der Waals surface area contributed by atoms with Gasteiger partial charge in [-0.15, -0.1) is 0 Å². The van der Waals surface area contributed by atoms with Gasteiger partial charge >= 0.3 is 0 Å². The Bertz CT molecular complexity index is 1100. The number of hydrogen-bond donors (Lipinski definition) is 1. The van der Waals surface area contributed by atoms with Gasteiger partial charge in [0.15, 0.2) is 0 Å². The van der Waals surface area contributed by atoms with Crippen molar-refractivity contribution in [3.05, 3.63) is 95.1 Å². The van der Waals surface area contributed by atoms with Gasteiger partial charge in [0.2, 0.25) is 0 Å². The molecule has 1 N–H and O–H groups in total. The summed E-state index contributed by atoms with van der Waals surface area (Å²) >= 11 is 0. The van der Waals surface area contributed by atoms with E-state index in [1.807, 2.05) is 13.8 Å². The first kappa shape index (κ1) is 20.3. The van der Waals surface area contributed by atoms with Crippen molar-refractivity contribution in [3.8, 4) is 5.75 Å². The van der Waals surface area contributed by atoms with E-state index in [2.05, 4.69) is 5.32 Å². The third-order valence-electron chi connectivity index (χ3n) is 4.92. The van der Waals surface area contributed by atoms with Crippen LogP contribution in [0.3, 0.4) is 0 Å². The molecule has 0 radical (unpaired) electrons. The van der Waals surface area contributed by atoms with Gasteiger partial charge in [-0.1, -0.05) is 24.3 Å². The second kappa shape index (κ2) is 8.44. The van der Waals surface area contributed by atoms with Gasteiger partial charge in [0, 0.05) is 11.3 Å². The highest BCUT2D eigenvalue weighted by atomic mass is 16.5. The van der Waals surface area contributed by atoms with E-state index in [1.54, 1.807) is 72.8 Å². The van der Waals surface area contributed by atoms with Crippen LogP contribution in [-0.4, -0.2) is 28.7 Å². The van der Waals surface area contributed by atoms with Gasteiger partial charge < -0.3 is 10.1 Å². The summed E-state index contributed by atoms with van der Waals surface area (Å²) in [6, 6.07) is 20.8. The lowest BCUT2D eigenvalue weighted by Gasteiger charge is -2.14. The van der Waals surface area contributed by atoms with Crippen LogP contribution in [0.2, 0.25) is 0 Å². The van der Waals surface area contributed by atoms with Crippen LogP contribution in [0.25, 0.3) is 0 Å². The summed E-state index contributed by atoms with van der Waals surface area (Å²) in [5, 5.41) is 2.84. The molecule has 0 unspecified atom stereocenters. The van der Waals surface area contributed by atoms with Crippen molar-refractivity contribution in [2.24, 2.45) is 0 Å². The second-order valence-electron chi connectivity index (χ2n) is 7.58. The Labute approximate surface area is 180 Å². The van der Waals surface area contributed by atoms with Crippen LogP contribution in [0, 0.1) is 0 Å². The molecule has 3 aromatic rings. The molecule has 1 aliphatic rings. The molecule has 0 fully saturated rings. The molecule has 0 saturated carbocycles. The van der Waals surface area contributed by atoms with Crippen LogP contribution in [0.4, 0.5) is 5.69 Å². The number of amides is 3. The summed E-state index contributed by atoms with van der Waals surface area (Å²) in [7, 11) is 0. The Morgan fingerprint density at radius 2 is 1.45 bits per heavy atom. The number of carbonyl (C=O) groups excluding carboxylic acids is 3. The second-order valence-corrected chi connectivity index (χ2v) is 7.58. The number of carbonyl (C=O) groups is 3. The summed E-state index contributed by atoms with van der Waals surface area (Å²) in [5.41, 5.74) is 2.76. The molecule has 3 amide bonds. The van der Waals surface area contributed by atoms with E-state index in [0.29, 0.717) is 22.4 Å². The highest BCUT2D eigenvalue weighted by molar-refractivity contribution is 6.21. The molecule has 0 aliphatic carbocycles. The SMILES string of the molecule is CC(C)Oc1ccc(NC(=O)c2ccc(CN3C(=O)c4ccccc4C3=O)cc2)cc1. The molecule has 1 heterocycles. The number of imide groups is 1. The minimum Gasteiger partial charge on any atom is -0.491 e. The van der Waals surface area contributed by atoms with Gasteiger partial charge in [-0.2, -0.15) is 0 Å². The van der Waals surface area contributed by atoms with Crippen molar-refractivity contribution >= 4 is 23.4 Å². The minimum absolute atomic E-state index is 0.0827. The maximum Gasteiger partial charge on any atom is 0.261 e. The van der Waals surface area contributed by atoms with Crippen molar-refractivity contribution in [2.75, 3.05) is 5.32 Å². The zero-order valence-corrected chi connectivity index (χ0v) is 17.3. The fraction of sp³-hybridized carbons (Fsp3) is 0.160. The van der Waals surface area contributed by atoms with Crippen molar-refractivity contribution in [1.82, 2.24) is 4.90 Å². The number of nitrogens with zero attached hydrogens (tertiary/aromatic N) is 1. The maximum absolute atomic E-state index is 12.5. The Morgan fingerprint density at radius 1 is 0.871 bits per heavy atom. The number of ether oxygens (including phenoxy) is 1. The fourth-order valence-corrected chi connectivity index (χ4v) is 3.42. The van der Waals surface area contributed by atoms with E-state index in [-0.39, 0.29) is 30.4 Å². The van der Waals surface area contributed by atoms with Gasteiger partial charge in [0.25, 0.3) is 17.7 Å². The highest BCUT2D eigenvalue weighted by Crippen LogP contribution is 2.24. The Hall–Kier alpha value is -3.93. The van der Waals surface area contributed by atoms with Crippen LogP contribution in [0.15, 0.2) is 72.8 Å². The molecule has 0 saturated heterocycles. The summed E-state index contributed by atoms with van der Waals surface area (Å²) < 4.78 is 5.60. The Balaban J connectivity index is 1.40. The molecular weight excluding hydrogens is 392 g/mol. The molecule has 31 heavy (non-hydrogen) atoms. The lowest BCUT2D eigenvalue weighted by molar-refractivity contribution is 0.0642. The molecule has 6 heteroatoms. The molecule has 0 atom stereocenters. The number of hydrogen-bond acceptors (Lipinski definition) is 4. The Kier molecular flexibility index (Phi) is 5.54. The standard InChI is InChI=1S/C25H22N2O4/c1-16(2)31-20-13-11-19(12-14-20)26-23(28)18-9-7-17(8-10-18)15-27-24(29)21-5-3-4-6-22(21)25(27)30/h3-14,16H,15H2,1-2H3,(H,26,28). The zero-order valence-electron chi connectivity index (χ0n) is 17.3. The molecule has 4 rings (SSSR count). The van der Waals surface area contributed by atoms with Crippen LogP contribution < -0.4 is 10.1 Å². The van der Waals surface area contributed by atoms with Gasteiger partial charge in [-0.05, 0) is 67.9 Å². The van der Waals surface area contributed by atoms with Gasteiger partial charge in [0.1, 0.15) is 5.75 Å². The predicted octanol–water partition coefficient (Wildman–Crippen LogP) is 4.52. The molecule has 0 aromatic heterocycles. The molecular formula is C25H22N2O4. The third-order valence-corrected chi connectivity index (χ3v) is 4.92. The zero-order chi connectivity index (χ0) is 22.0. The van der Waals surface area contributed by atoms with E-state index < -0.39 is 0 Å². The largest absolute Gasteiger partial charge is 0.491 e. The summed E-state index contributed by atoms with van der Waals surface area (Å²) in [5.74, 6) is -0.102. The fourth-order valence-electron chi connectivity index (χ4n) is 3.42. The smallest absolute Gasteiger partial charge is 0.261 e. The third kappa shape index (κ3) is 4.33. The molecule has 1 aliphatic heterocycles. The van der Waals surface area contributed by atoms with Crippen molar-refractivity contribution in [3.63, 3.8) is 0 Å². The van der Waals surface area contributed by atoms with E-state index in [0.717, 1.165) is 11.3 Å². The van der Waals surface area contributed by atoms with Crippen LogP contribution >= 0.6 is 0 Å². The first-order valence-electron chi connectivity index (χ1n) is 10.0. The number of benzene rings is 3. The van der Waals surface area contributed by atoms with Crippen molar-refractivity contribution in [2.45, 2.75) is 26.5 Å². The predicted molar refractivity (Wildman–Crippen MR) is 117 cm³/mol. The summed E-state index contributed by atoms with van der Waals surface area (Å²) in [6.45, 7) is 4.06. The van der Waals surface area contributed by atoms with Gasteiger partial charge in [-0.3, -0.25) is 19.3 Å².